The fraction of sp³-hybridized carbons (Fsp3) is 0.211. The van der Waals surface area contributed by atoms with Gasteiger partial charge < -0.3 is 10.1 Å². The standard InChI is InChI=1S/C19H20N4O2S/c1-14(18(24)20-12-15-7-4-3-5-8-15)26-19-22-21-13-23(19)16-9-6-10-17(11-16)25-2/h3-11,13-14H,12H2,1-2H3,(H,20,24). The van der Waals surface area contributed by atoms with E-state index in [1.807, 2.05) is 66.1 Å². The van der Waals surface area contributed by atoms with Gasteiger partial charge in [0.2, 0.25) is 5.91 Å². The smallest absolute Gasteiger partial charge is 0.233 e. The van der Waals surface area contributed by atoms with Crippen LogP contribution in [0.1, 0.15) is 12.5 Å². The van der Waals surface area contributed by atoms with Crippen LogP contribution in [-0.4, -0.2) is 33.0 Å². The van der Waals surface area contributed by atoms with Gasteiger partial charge in [-0.1, -0.05) is 48.2 Å². The summed E-state index contributed by atoms with van der Waals surface area (Å²) in [4.78, 5) is 12.4. The van der Waals surface area contributed by atoms with Crippen molar-refractivity contribution < 1.29 is 9.53 Å². The van der Waals surface area contributed by atoms with Gasteiger partial charge in [-0.3, -0.25) is 9.36 Å². The molecule has 2 aromatic carbocycles. The Morgan fingerprint density at radius 1 is 1.23 bits per heavy atom. The number of hydrogen-bond donors (Lipinski definition) is 1. The molecule has 0 aliphatic rings. The highest BCUT2D eigenvalue weighted by molar-refractivity contribution is 8.00. The second kappa shape index (κ2) is 8.53. The molecule has 1 atom stereocenters. The van der Waals surface area contributed by atoms with Crippen LogP contribution in [0.2, 0.25) is 0 Å². The highest BCUT2D eigenvalue weighted by atomic mass is 32.2. The Labute approximate surface area is 156 Å². The molecule has 3 rings (SSSR count). The number of amides is 1. The summed E-state index contributed by atoms with van der Waals surface area (Å²) in [5, 5.41) is 11.4. The molecule has 0 fully saturated rings. The zero-order valence-corrected chi connectivity index (χ0v) is 15.4. The largest absolute Gasteiger partial charge is 0.497 e. The molecule has 0 spiro atoms. The van der Waals surface area contributed by atoms with Gasteiger partial charge in [0, 0.05) is 12.6 Å². The predicted octanol–water partition coefficient (Wildman–Crippen LogP) is 3.07. The van der Waals surface area contributed by atoms with Crippen LogP contribution in [0.3, 0.4) is 0 Å². The molecule has 1 heterocycles. The SMILES string of the molecule is COc1cccc(-n2cnnc2SC(C)C(=O)NCc2ccccc2)c1. The molecule has 0 aliphatic carbocycles. The molecule has 1 unspecified atom stereocenters. The number of benzene rings is 2. The zero-order valence-electron chi connectivity index (χ0n) is 14.6. The van der Waals surface area contributed by atoms with Gasteiger partial charge in [-0.15, -0.1) is 10.2 Å². The lowest BCUT2D eigenvalue weighted by Crippen LogP contribution is -2.30. The van der Waals surface area contributed by atoms with E-state index in [0.717, 1.165) is 17.0 Å². The summed E-state index contributed by atoms with van der Waals surface area (Å²) >= 11 is 1.36. The van der Waals surface area contributed by atoms with Crippen molar-refractivity contribution in [2.45, 2.75) is 23.9 Å². The number of hydrogen-bond acceptors (Lipinski definition) is 5. The topological polar surface area (TPSA) is 69.0 Å². The van der Waals surface area contributed by atoms with Gasteiger partial charge in [0.15, 0.2) is 5.16 Å². The molecule has 0 radical (unpaired) electrons. The molecule has 3 aromatic rings. The number of nitrogens with zero attached hydrogens (tertiary/aromatic N) is 3. The number of rotatable bonds is 7. The van der Waals surface area contributed by atoms with Gasteiger partial charge in [0.05, 0.1) is 18.0 Å². The number of carbonyl (C=O) groups is 1. The van der Waals surface area contributed by atoms with E-state index in [1.54, 1.807) is 13.4 Å². The van der Waals surface area contributed by atoms with Crippen molar-refractivity contribution in [2.24, 2.45) is 0 Å². The van der Waals surface area contributed by atoms with Gasteiger partial charge >= 0.3 is 0 Å². The third-order valence-electron chi connectivity index (χ3n) is 3.81. The normalized spacial score (nSPS) is 11.8. The third-order valence-corrected chi connectivity index (χ3v) is 4.87. The minimum atomic E-state index is -0.299. The molecule has 6 nitrogen and oxygen atoms in total. The minimum absolute atomic E-state index is 0.0426. The Kier molecular flexibility index (Phi) is 5.91. The third kappa shape index (κ3) is 4.43. The highest BCUT2D eigenvalue weighted by Crippen LogP contribution is 2.25. The fourth-order valence-electron chi connectivity index (χ4n) is 2.38. The average molecular weight is 368 g/mol. The summed E-state index contributed by atoms with van der Waals surface area (Å²) in [5.41, 5.74) is 1.95. The van der Waals surface area contributed by atoms with Crippen molar-refractivity contribution in [3.8, 4) is 11.4 Å². The number of ether oxygens (including phenoxy) is 1. The summed E-state index contributed by atoms with van der Waals surface area (Å²) in [6, 6.07) is 17.4. The summed E-state index contributed by atoms with van der Waals surface area (Å²) in [6.45, 7) is 2.36. The van der Waals surface area contributed by atoms with E-state index in [1.165, 1.54) is 11.8 Å². The summed E-state index contributed by atoms with van der Waals surface area (Å²) in [5.74, 6) is 0.708. The first kappa shape index (κ1) is 18.0. The van der Waals surface area contributed by atoms with E-state index in [9.17, 15) is 4.79 Å². The lowest BCUT2D eigenvalue weighted by atomic mass is 10.2. The molecule has 0 saturated heterocycles. The fourth-order valence-corrected chi connectivity index (χ4v) is 3.25. The van der Waals surface area contributed by atoms with E-state index in [4.69, 9.17) is 4.74 Å². The number of carbonyl (C=O) groups excluding carboxylic acids is 1. The van der Waals surface area contributed by atoms with Gasteiger partial charge in [0.1, 0.15) is 12.1 Å². The Morgan fingerprint density at radius 2 is 2.04 bits per heavy atom. The molecule has 7 heteroatoms. The number of methoxy groups -OCH3 is 1. The molecule has 1 N–H and O–H groups in total. The second-order valence-corrected chi connectivity index (χ2v) is 6.96. The molecule has 1 amide bonds. The van der Waals surface area contributed by atoms with Crippen molar-refractivity contribution in [3.05, 3.63) is 66.5 Å². The van der Waals surface area contributed by atoms with Crippen LogP contribution in [0, 0.1) is 0 Å². The molecule has 26 heavy (non-hydrogen) atoms. The zero-order chi connectivity index (χ0) is 18.4. The van der Waals surface area contributed by atoms with Gasteiger partial charge in [0.25, 0.3) is 0 Å². The lowest BCUT2D eigenvalue weighted by molar-refractivity contribution is -0.120. The monoisotopic (exact) mass is 368 g/mol. The molecule has 0 aliphatic heterocycles. The highest BCUT2D eigenvalue weighted by Gasteiger charge is 2.18. The van der Waals surface area contributed by atoms with Gasteiger partial charge in [-0.25, -0.2) is 0 Å². The van der Waals surface area contributed by atoms with Gasteiger partial charge in [-0.05, 0) is 24.6 Å². The minimum Gasteiger partial charge on any atom is -0.497 e. The van der Waals surface area contributed by atoms with Crippen LogP contribution < -0.4 is 10.1 Å². The Hall–Kier alpha value is -2.80. The Balaban J connectivity index is 1.65. The maximum Gasteiger partial charge on any atom is 0.233 e. The second-order valence-electron chi connectivity index (χ2n) is 5.65. The van der Waals surface area contributed by atoms with Crippen LogP contribution >= 0.6 is 11.8 Å². The van der Waals surface area contributed by atoms with E-state index >= 15 is 0 Å². The van der Waals surface area contributed by atoms with Crippen LogP contribution in [0.5, 0.6) is 5.75 Å². The molecule has 1 aromatic heterocycles. The maximum absolute atomic E-state index is 12.4. The van der Waals surface area contributed by atoms with Crippen LogP contribution in [-0.2, 0) is 11.3 Å². The predicted molar refractivity (Wildman–Crippen MR) is 102 cm³/mol. The first-order valence-electron chi connectivity index (χ1n) is 8.20. The van der Waals surface area contributed by atoms with Crippen molar-refractivity contribution in [1.82, 2.24) is 20.1 Å². The summed E-state index contributed by atoms with van der Waals surface area (Å²) in [6.07, 6.45) is 1.63. The van der Waals surface area contributed by atoms with E-state index in [0.29, 0.717) is 11.7 Å². The lowest BCUT2D eigenvalue weighted by Gasteiger charge is -2.13. The van der Waals surface area contributed by atoms with E-state index < -0.39 is 0 Å². The molecule has 0 saturated carbocycles. The van der Waals surface area contributed by atoms with E-state index in [-0.39, 0.29) is 11.2 Å². The molecular weight excluding hydrogens is 348 g/mol. The van der Waals surface area contributed by atoms with Crippen molar-refractivity contribution in [2.75, 3.05) is 7.11 Å². The first-order valence-corrected chi connectivity index (χ1v) is 9.08. The maximum atomic E-state index is 12.4. The van der Waals surface area contributed by atoms with Crippen molar-refractivity contribution >= 4 is 17.7 Å². The average Bonchev–Trinajstić information content (AvgIpc) is 3.15. The van der Waals surface area contributed by atoms with Crippen molar-refractivity contribution in [3.63, 3.8) is 0 Å². The van der Waals surface area contributed by atoms with Crippen LogP contribution in [0.15, 0.2) is 66.1 Å². The molecule has 0 bridgehead atoms. The van der Waals surface area contributed by atoms with Gasteiger partial charge in [-0.2, -0.15) is 0 Å². The van der Waals surface area contributed by atoms with Crippen LogP contribution in [0.25, 0.3) is 5.69 Å². The number of thioether (sulfide) groups is 1. The number of aromatic nitrogens is 3. The molecular formula is C19H20N4O2S. The summed E-state index contributed by atoms with van der Waals surface area (Å²) in [7, 11) is 1.63. The first-order chi connectivity index (χ1) is 12.7. The van der Waals surface area contributed by atoms with Crippen molar-refractivity contribution in [1.29, 1.82) is 0 Å². The number of nitrogens with one attached hydrogen (secondary N) is 1. The van der Waals surface area contributed by atoms with Crippen LogP contribution in [0.4, 0.5) is 0 Å². The summed E-state index contributed by atoms with van der Waals surface area (Å²) < 4.78 is 7.10. The quantitative estimate of drug-likeness (QED) is 0.649. The Bertz CT molecular complexity index is 867. The Morgan fingerprint density at radius 3 is 2.81 bits per heavy atom. The van der Waals surface area contributed by atoms with E-state index in [2.05, 4.69) is 15.5 Å². The molecule has 134 valence electrons.